The Balaban J connectivity index is 2.45. The van der Waals surface area contributed by atoms with Gasteiger partial charge in [-0.3, -0.25) is 0 Å². The van der Waals surface area contributed by atoms with Crippen molar-refractivity contribution >= 4 is 5.97 Å². The predicted molar refractivity (Wildman–Crippen MR) is 73.3 cm³/mol. The standard InChI is InChI=1S/C15H21NO2/c1-4-13-7-5-6-8-14(13)11-16-10-9-12(2)15(17)18-3/h5-9,16H,4,10-11H2,1-3H3/b12-9-. The second-order valence-electron chi connectivity index (χ2n) is 4.13. The van der Waals surface area contributed by atoms with Crippen LogP contribution in [-0.4, -0.2) is 19.6 Å². The van der Waals surface area contributed by atoms with E-state index in [0.29, 0.717) is 12.1 Å². The van der Waals surface area contributed by atoms with Crippen molar-refractivity contribution in [1.29, 1.82) is 0 Å². The largest absolute Gasteiger partial charge is 0.466 e. The predicted octanol–water partition coefficient (Wildman–Crippen LogP) is 2.46. The van der Waals surface area contributed by atoms with Gasteiger partial charge >= 0.3 is 5.97 Å². The molecule has 0 heterocycles. The molecular weight excluding hydrogens is 226 g/mol. The second kappa shape index (κ2) is 7.67. The molecule has 0 aliphatic heterocycles. The third kappa shape index (κ3) is 4.34. The maximum atomic E-state index is 11.2. The number of hydrogen-bond donors (Lipinski definition) is 1. The molecule has 0 radical (unpaired) electrons. The minimum atomic E-state index is -0.272. The lowest BCUT2D eigenvalue weighted by Gasteiger charge is -2.08. The lowest BCUT2D eigenvalue weighted by Crippen LogP contribution is -2.15. The molecule has 1 aromatic rings. The Hall–Kier alpha value is -1.61. The summed E-state index contributed by atoms with van der Waals surface area (Å²) in [6.07, 6.45) is 2.88. The summed E-state index contributed by atoms with van der Waals surface area (Å²) in [4.78, 5) is 11.2. The first-order chi connectivity index (χ1) is 8.69. The van der Waals surface area contributed by atoms with E-state index in [1.807, 2.05) is 12.1 Å². The minimum Gasteiger partial charge on any atom is -0.466 e. The summed E-state index contributed by atoms with van der Waals surface area (Å²) in [5, 5.41) is 3.30. The number of carbonyl (C=O) groups excluding carboxylic acids is 1. The van der Waals surface area contributed by atoms with Crippen molar-refractivity contribution in [2.24, 2.45) is 0 Å². The van der Waals surface area contributed by atoms with E-state index in [4.69, 9.17) is 0 Å². The summed E-state index contributed by atoms with van der Waals surface area (Å²) in [6, 6.07) is 8.38. The molecule has 18 heavy (non-hydrogen) atoms. The molecule has 0 bridgehead atoms. The number of aryl methyl sites for hydroxylation is 1. The molecule has 98 valence electrons. The molecule has 0 atom stereocenters. The van der Waals surface area contributed by atoms with Crippen molar-refractivity contribution in [1.82, 2.24) is 5.32 Å². The fourth-order valence-corrected chi connectivity index (χ4v) is 1.75. The number of esters is 1. The van der Waals surface area contributed by atoms with Crippen LogP contribution in [0, 0.1) is 0 Å². The van der Waals surface area contributed by atoms with Crippen molar-refractivity contribution in [3.8, 4) is 0 Å². The Bertz CT molecular complexity index is 424. The first-order valence-electron chi connectivity index (χ1n) is 6.21. The minimum absolute atomic E-state index is 0.272. The molecule has 3 heteroatoms. The van der Waals surface area contributed by atoms with E-state index in [1.54, 1.807) is 6.92 Å². The molecular formula is C15H21NO2. The molecule has 0 amide bonds. The van der Waals surface area contributed by atoms with E-state index >= 15 is 0 Å². The summed E-state index contributed by atoms with van der Waals surface area (Å²) in [5.74, 6) is -0.272. The number of nitrogens with one attached hydrogen (secondary N) is 1. The molecule has 1 N–H and O–H groups in total. The van der Waals surface area contributed by atoms with Crippen LogP contribution >= 0.6 is 0 Å². The Labute approximate surface area is 109 Å². The molecule has 0 fully saturated rings. The Morgan fingerprint density at radius 1 is 1.33 bits per heavy atom. The summed E-state index contributed by atoms with van der Waals surface area (Å²) in [6.45, 7) is 5.39. The molecule has 1 aromatic carbocycles. The zero-order valence-electron chi connectivity index (χ0n) is 11.3. The van der Waals surface area contributed by atoms with Crippen molar-refractivity contribution in [3.05, 3.63) is 47.0 Å². The monoisotopic (exact) mass is 247 g/mol. The molecule has 0 spiro atoms. The van der Waals surface area contributed by atoms with Crippen LogP contribution in [0.5, 0.6) is 0 Å². The van der Waals surface area contributed by atoms with Crippen LogP contribution in [0.15, 0.2) is 35.9 Å². The van der Waals surface area contributed by atoms with Gasteiger partial charge in [0.2, 0.25) is 0 Å². The molecule has 0 unspecified atom stereocenters. The van der Waals surface area contributed by atoms with Gasteiger partial charge in [-0.2, -0.15) is 0 Å². The Morgan fingerprint density at radius 3 is 2.61 bits per heavy atom. The number of methoxy groups -OCH3 is 1. The molecule has 0 aliphatic rings. The van der Waals surface area contributed by atoms with Crippen LogP contribution in [0.4, 0.5) is 0 Å². The highest BCUT2D eigenvalue weighted by atomic mass is 16.5. The molecule has 0 aliphatic carbocycles. The van der Waals surface area contributed by atoms with Gasteiger partial charge in [0.05, 0.1) is 7.11 Å². The van der Waals surface area contributed by atoms with Crippen molar-refractivity contribution in [2.75, 3.05) is 13.7 Å². The molecule has 0 saturated carbocycles. The summed E-state index contributed by atoms with van der Waals surface area (Å²) < 4.78 is 4.63. The Morgan fingerprint density at radius 2 is 2.00 bits per heavy atom. The summed E-state index contributed by atoms with van der Waals surface area (Å²) in [5.41, 5.74) is 3.30. The van der Waals surface area contributed by atoms with E-state index in [2.05, 4.69) is 35.2 Å². The number of ether oxygens (including phenoxy) is 1. The van der Waals surface area contributed by atoms with Crippen LogP contribution in [0.2, 0.25) is 0 Å². The highest BCUT2D eigenvalue weighted by molar-refractivity contribution is 5.87. The summed E-state index contributed by atoms with van der Waals surface area (Å²) in [7, 11) is 1.39. The highest BCUT2D eigenvalue weighted by Crippen LogP contribution is 2.08. The van der Waals surface area contributed by atoms with Crippen LogP contribution in [-0.2, 0) is 22.5 Å². The average Bonchev–Trinajstić information content (AvgIpc) is 2.42. The molecule has 1 rings (SSSR count). The van der Waals surface area contributed by atoms with E-state index in [-0.39, 0.29) is 5.97 Å². The average molecular weight is 247 g/mol. The van der Waals surface area contributed by atoms with Gasteiger partial charge in [-0.15, -0.1) is 0 Å². The maximum absolute atomic E-state index is 11.2. The number of hydrogen-bond acceptors (Lipinski definition) is 3. The molecule has 0 aromatic heterocycles. The van der Waals surface area contributed by atoms with Gasteiger partial charge in [0, 0.05) is 18.7 Å². The van der Waals surface area contributed by atoms with Gasteiger partial charge in [-0.1, -0.05) is 37.3 Å². The Kier molecular flexibility index (Phi) is 6.15. The number of rotatable bonds is 6. The van der Waals surface area contributed by atoms with Crippen molar-refractivity contribution in [2.45, 2.75) is 26.8 Å². The van der Waals surface area contributed by atoms with Gasteiger partial charge in [0.1, 0.15) is 0 Å². The number of benzene rings is 1. The van der Waals surface area contributed by atoms with Crippen molar-refractivity contribution in [3.63, 3.8) is 0 Å². The van der Waals surface area contributed by atoms with Gasteiger partial charge in [0.15, 0.2) is 0 Å². The fraction of sp³-hybridized carbons (Fsp3) is 0.400. The van der Waals surface area contributed by atoms with Gasteiger partial charge in [-0.25, -0.2) is 4.79 Å². The lowest BCUT2D eigenvalue weighted by atomic mass is 10.1. The van der Waals surface area contributed by atoms with Crippen LogP contribution in [0.1, 0.15) is 25.0 Å². The number of carbonyl (C=O) groups is 1. The SMILES string of the molecule is CCc1ccccc1CNC/C=C(/C)C(=O)OC. The van der Waals surface area contributed by atoms with Crippen LogP contribution in [0.3, 0.4) is 0 Å². The third-order valence-electron chi connectivity index (χ3n) is 2.87. The van der Waals surface area contributed by atoms with Gasteiger partial charge < -0.3 is 10.1 Å². The first-order valence-corrected chi connectivity index (χ1v) is 6.21. The maximum Gasteiger partial charge on any atom is 0.333 e. The zero-order chi connectivity index (χ0) is 13.4. The third-order valence-corrected chi connectivity index (χ3v) is 2.87. The van der Waals surface area contributed by atoms with E-state index in [9.17, 15) is 4.79 Å². The zero-order valence-corrected chi connectivity index (χ0v) is 11.3. The highest BCUT2D eigenvalue weighted by Gasteiger charge is 2.02. The topological polar surface area (TPSA) is 38.3 Å². The molecule has 0 saturated heterocycles. The van der Waals surface area contributed by atoms with Gasteiger partial charge in [0.25, 0.3) is 0 Å². The lowest BCUT2D eigenvalue weighted by molar-refractivity contribution is -0.136. The normalized spacial score (nSPS) is 11.4. The smallest absolute Gasteiger partial charge is 0.333 e. The quantitative estimate of drug-likeness (QED) is 0.477. The fourth-order valence-electron chi connectivity index (χ4n) is 1.75. The van der Waals surface area contributed by atoms with Crippen LogP contribution < -0.4 is 5.32 Å². The van der Waals surface area contributed by atoms with E-state index < -0.39 is 0 Å². The summed E-state index contributed by atoms with van der Waals surface area (Å²) >= 11 is 0. The molecule has 3 nitrogen and oxygen atoms in total. The first kappa shape index (κ1) is 14.5. The van der Waals surface area contributed by atoms with E-state index in [1.165, 1.54) is 18.2 Å². The van der Waals surface area contributed by atoms with E-state index in [0.717, 1.165) is 13.0 Å². The van der Waals surface area contributed by atoms with Gasteiger partial charge in [-0.05, 0) is 24.5 Å². The second-order valence-corrected chi connectivity index (χ2v) is 4.13. The van der Waals surface area contributed by atoms with Crippen LogP contribution in [0.25, 0.3) is 0 Å². The van der Waals surface area contributed by atoms with Crippen molar-refractivity contribution < 1.29 is 9.53 Å².